The maximum Gasteiger partial charge on any atom is 0.241 e. The fraction of sp³-hybridized carbons (Fsp3) is 0.533. The summed E-state index contributed by atoms with van der Waals surface area (Å²) in [5.74, 6) is -0.396. The summed E-state index contributed by atoms with van der Waals surface area (Å²) in [5, 5.41) is 4.04. The van der Waals surface area contributed by atoms with Crippen molar-refractivity contribution in [3.05, 3.63) is 28.2 Å². The van der Waals surface area contributed by atoms with E-state index in [1.165, 1.54) is 0 Å². The van der Waals surface area contributed by atoms with Crippen molar-refractivity contribution in [2.24, 2.45) is 0 Å². The Hall–Kier alpha value is -1.01. The number of likely N-dealkylation sites (tertiary alicyclic amines) is 1. The molecule has 1 N–H and O–H groups in total. The van der Waals surface area contributed by atoms with Gasteiger partial charge in [-0.3, -0.25) is 4.79 Å². The van der Waals surface area contributed by atoms with Crippen LogP contribution in [0.2, 0.25) is 10.0 Å². The van der Waals surface area contributed by atoms with Crippen molar-refractivity contribution in [2.45, 2.75) is 18.6 Å². The molecule has 0 aromatic heterocycles. The molecular formula is C15H18Cl2N2O3. The minimum Gasteiger partial charge on any atom is -0.376 e. The van der Waals surface area contributed by atoms with Gasteiger partial charge in [0.05, 0.1) is 29.8 Å². The highest BCUT2D eigenvalue weighted by Crippen LogP contribution is 2.31. The van der Waals surface area contributed by atoms with Gasteiger partial charge < -0.3 is 19.7 Å². The third kappa shape index (κ3) is 3.49. The smallest absolute Gasteiger partial charge is 0.241 e. The van der Waals surface area contributed by atoms with Crippen LogP contribution in [0.5, 0.6) is 0 Å². The molecule has 120 valence electrons. The molecule has 0 atom stereocenters. The lowest BCUT2D eigenvalue weighted by molar-refractivity contribution is -0.187. The molecular weight excluding hydrogens is 327 g/mol. The summed E-state index contributed by atoms with van der Waals surface area (Å²) in [6, 6.07) is 5.21. The molecule has 2 heterocycles. The van der Waals surface area contributed by atoms with E-state index in [4.69, 9.17) is 32.7 Å². The molecule has 1 aromatic rings. The van der Waals surface area contributed by atoms with Gasteiger partial charge in [0, 0.05) is 31.6 Å². The van der Waals surface area contributed by atoms with Crippen LogP contribution < -0.4 is 5.32 Å². The summed E-state index contributed by atoms with van der Waals surface area (Å²) in [7, 11) is 0. The Bertz CT molecular complexity index is 552. The average molecular weight is 345 g/mol. The molecule has 3 rings (SSSR count). The van der Waals surface area contributed by atoms with Crippen molar-refractivity contribution in [3.63, 3.8) is 0 Å². The highest BCUT2D eigenvalue weighted by Gasteiger charge is 2.40. The molecule has 0 unspecified atom stereocenters. The fourth-order valence-corrected chi connectivity index (χ4v) is 3.08. The largest absolute Gasteiger partial charge is 0.376 e. The Morgan fingerprint density at radius 3 is 2.50 bits per heavy atom. The van der Waals surface area contributed by atoms with Crippen LogP contribution in [0.1, 0.15) is 12.8 Å². The predicted octanol–water partition coefficient (Wildman–Crippen LogP) is 2.77. The number of carbonyl (C=O) groups excluding carboxylic acids is 1. The Labute approximate surface area is 139 Å². The highest BCUT2D eigenvalue weighted by molar-refractivity contribution is 6.42. The predicted molar refractivity (Wildman–Crippen MR) is 85.4 cm³/mol. The molecule has 0 bridgehead atoms. The molecule has 0 radical (unpaired) electrons. The maximum atomic E-state index is 12.2. The quantitative estimate of drug-likeness (QED) is 0.915. The van der Waals surface area contributed by atoms with E-state index in [2.05, 4.69) is 5.32 Å². The Morgan fingerprint density at radius 1 is 1.18 bits per heavy atom. The second kappa shape index (κ2) is 6.62. The first-order chi connectivity index (χ1) is 10.6. The topological polar surface area (TPSA) is 50.8 Å². The van der Waals surface area contributed by atoms with E-state index < -0.39 is 5.79 Å². The molecule has 22 heavy (non-hydrogen) atoms. The van der Waals surface area contributed by atoms with E-state index in [1.54, 1.807) is 18.2 Å². The first-order valence-corrected chi connectivity index (χ1v) is 8.08. The van der Waals surface area contributed by atoms with Gasteiger partial charge in [-0.1, -0.05) is 23.2 Å². The number of nitrogens with one attached hydrogen (secondary N) is 1. The van der Waals surface area contributed by atoms with E-state index in [9.17, 15) is 4.79 Å². The SMILES string of the molecule is O=C(CNc1ccc(Cl)c(Cl)c1)N1CCC2(CC1)OCCO2. The monoisotopic (exact) mass is 344 g/mol. The van der Waals surface area contributed by atoms with Gasteiger partial charge >= 0.3 is 0 Å². The van der Waals surface area contributed by atoms with Crippen LogP contribution in [-0.4, -0.2) is 49.4 Å². The van der Waals surface area contributed by atoms with Crippen molar-refractivity contribution in [3.8, 4) is 0 Å². The van der Waals surface area contributed by atoms with E-state index in [0.29, 0.717) is 36.3 Å². The molecule has 2 aliphatic rings. The van der Waals surface area contributed by atoms with Crippen molar-refractivity contribution >= 4 is 34.8 Å². The Balaban J connectivity index is 1.49. The lowest BCUT2D eigenvalue weighted by atomic mass is 10.0. The van der Waals surface area contributed by atoms with Crippen LogP contribution in [-0.2, 0) is 14.3 Å². The number of halogens is 2. The number of anilines is 1. The van der Waals surface area contributed by atoms with Crippen LogP contribution in [0.15, 0.2) is 18.2 Å². The molecule has 5 nitrogen and oxygen atoms in total. The lowest BCUT2D eigenvalue weighted by Crippen LogP contribution is -2.48. The third-order valence-corrected chi connectivity index (χ3v) is 4.79. The molecule has 1 amide bonds. The number of nitrogens with zero attached hydrogens (tertiary/aromatic N) is 1. The van der Waals surface area contributed by atoms with Gasteiger partial charge in [-0.05, 0) is 18.2 Å². The van der Waals surface area contributed by atoms with Crippen LogP contribution in [0.4, 0.5) is 5.69 Å². The van der Waals surface area contributed by atoms with Gasteiger partial charge in [0.1, 0.15) is 0 Å². The number of ether oxygens (including phenoxy) is 2. The second-order valence-corrected chi connectivity index (χ2v) is 6.29. The van der Waals surface area contributed by atoms with E-state index in [0.717, 1.165) is 18.5 Å². The fourth-order valence-electron chi connectivity index (χ4n) is 2.78. The molecule has 7 heteroatoms. The molecule has 0 aliphatic carbocycles. The summed E-state index contributed by atoms with van der Waals surface area (Å²) >= 11 is 11.8. The number of amides is 1. The standard InChI is InChI=1S/C15H18Cl2N2O3/c16-12-2-1-11(9-13(12)17)18-10-14(20)19-5-3-15(4-6-19)21-7-8-22-15/h1-2,9,18H,3-8,10H2. The van der Waals surface area contributed by atoms with Gasteiger partial charge in [-0.25, -0.2) is 0 Å². The molecule has 0 saturated carbocycles. The minimum absolute atomic E-state index is 0.0546. The van der Waals surface area contributed by atoms with E-state index in [-0.39, 0.29) is 12.5 Å². The van der Waals surface area contributed by atoms with Gasteiger partial charge in [0.2, 0.25) is 5.91 Å². The zero-order chi connectivity index (χ0) is 15.6. The highest BCUT2D eigenvalue weighted by atomic mass is 35.5. The summed E-state index contributed by atoms with van der Waals surface area (Å²) in [6.07, 6.45) is 1.46. The Kier molecular flexibility index (Phi) is 4.78. The summed E-state index contributed by atoms with van der Waals surface area (Å²) < 4.78 is 11.3. The van der Waals surface area contributed by atoms with Crippen molar-refractivity contribution in [1.82, 2.24) is 4.90 Å². The average Bonchev–Trinajstić information content (AvgIpc) is 2.97. The zero-order valence-corrected chi connectivity index (χ0v) is 13.6. The van der Waals surface area contributed by atoms with Crippen molar-refractivity contribution in [2.75, 3.05) is 38.2 Å². The second-order valence-electron chi connectivity index (χ2n) is 5.47. The van der Waals surface area contributed by atoms with E-state index in [1.807, 2.05) is 4.90 Å². The Morgan fingerprint density at radius 2 is 1.86 bits per heavy atom. The number of hydrogen-bond donors (Lipinski definition) is 1. The molecule has 1 aromatic carbocycles. The number of hydrogen-bond acceptors (Lipinski definition) is 4. The third-order valence-electron chi connectivity index (χ3n) is 4.05. The molecule has 2 saturated heterocycles. The molecule has 2 aliphatic heterocycles. The van der Waals surface area contributed by atoms with Crippen LogP contribution in [0, 0.1) is 0 Å². The van der Waals surface area contributed by atoms with Crippen molar-refractivity contribution < 1.29 is 14.3 Å². The van der Waals surface area contributed by atoms with Gasteiger partial charge in [-0.15, -0.1) is 0 Å². The number of rotatable bonds is 3. The van der Waals surface area contributed by atoms with Gasteiger partial charge in [-0.2, -0.15) is 0 Å². The first kappa shape index (κ1) is 15.9. The van der Waals surface area contributed by atoms with Gasteiger partial charge in [0.25, 0.3) is 0 Å². The summed E-state index contributed by atoms with van der Waals surface area (Å²) in [6.45, 7) is 2.83. The number of benzene rings is 1. The van der Waals surface area contributed by atoms with E-state index >= 15 is 0 Å². The number of carbonyl (C=O) groups is 1. The molecule has 1 spiro atoms. The lowest BCUT2D eigenvalue weighted by Gasteiger charge is -2.37. The van der Waals surface area contributed by atoms with Gasteiger partial charge in [0.15, 0.2) is 5.79 Å². The zero-order valence-electron chi connectivity index (χ0n) is 12.1. The minimum atomic E-state index is -0.450. The maximum absolute atomic E-state index is 12.2. The summed E-state index contributed by atoms with van der Waals surface area (Å²) in [4.78, 5) is 14.1. The summed E-state index contributed by atoms with van der Waals surface area (Å²) in [5.41, 5.74) is 0.777. The van der Waals surface area contributed by atoms with Crippen molar-refractivity contribution in [1.29, 1.82) is 0 Å². The van der Waals surface area contributed by atoms with Crippen LogP contribution >= 0.6 is 23.2 Å². The number of piperidine rings is 1. The first-order valence-electron chi connectivity index (χ1n) is 7.33. The normalized spacial score (nSPS) is 20.4. The molecule has 2 fully saturated rings. The van der Waals surface area contributed by atoms with Crippen LogP contribution in [0.3, 0.4) is 0 Å². The van der Waals surface area contributed by atoms with Crippen LogP contribution in [0.25, 0.3) is 0 Å².